The van der Waals surface area contributed by atoms with E-state index in [1.807, 2.05) is 0 Å². The Labute approximate surface area is 106 Å². The van der Waals surface area contributed by atoms with E-state index in [-0.39, 0.29) is 5.69 Å². The highest BCUT2D eigenvalue weighted by atomic mass is 16.6. The zero-order valence-electron chi connectivity index (χ0n) is 10.1. The van der Waals surface area contributed by atoms with Gasteiger partial charge in [0.25, 0.3) is 5.69 Å². The van der Waals surface area contributed by atoms with Crippen molar-refractivity contribution >= 4 is 5.69 Å². The molecule has 1 N–H and O–H groups in total. The fourth-order valence-electron chi connectivity index (χ4n) is 1.46. The zero-order chi connectivity index (χ0) is 13.5. The average Bonchev–Trinajstić information content (AvgIpc) is 2.34. The van der Waals surface area contributed by atoms with Gasteiger partial charge in [0.1, 0.15) is 5.75 Å². The first kappa shape index (κ1) is 14.0. The zero-order valence-corrected chi connectivity index (χ0v) is 10.1. The van der Waals surface area contributed by atoms with Crippen molar-refractivity contribution in [3.63, 3.8) is 0 Å². The molecule has 0 radical (unpaired) electrons. The predicted octanol–water partition coefficient (Wildman–Crippen LogP) is 2.44. The van der Waals surface area contributed by atoms with Crippen molar-refractivity contribution in [2.24, 2.45) is 0 Å². The van der Waals surface area contributed by atoms with Crippen molar-refractivity contribution in [1.29, 1.82) is 0 Å². The molecule has 0 amide bonds. The predicted molar refractivity (Wildman–Crippen MR) is 67.3 cm³/mol. The van der Waals surface area contributed by atoms with E-state index in [0.29, 0.717) is 30.8 Å². The molecule has 96 valence electrons. The molecule has 1 aromatic rings. The highest BCUT2D eigenvalue weighted by molar-refractivity contribution is 5.44. The molecule has 0 aliphatic carbocycles. The number of nitro benzene ring substituents is 1. The smallest absolute Gasteiger partial charge is 0.270 e. The Bertz CT molecular complexity index is 463. The Hall–Kier alpha value is -2.06. The lowest BCUT2D eigenvalue weighted by atomic mass is 10.1. The molecule has 1 aromatic carbocycles. The molecule has 0 saturated heterocycles. The molecule has 0 heterocycles. The van der Waals surface area contributed by atoms with Crippen molar-refractivity contribution in [2.45, 2.75) is 25.9 Å². The maximum absolute atomic E-state index is 10.6. The van der Waals surface area contributed by atoms with Gasteiger partial charge in [-0.3, -0.25) is 10.1 Å². The molecule has 0 aliphatic heterocycles. The second kappa shape index (κ2) is 6.62. The topological polar surface area (TPSA) is 72.6 Å². The van der Waals surface area contributed by atoms with Crippen LogP contribution >= 0.6 is 0 Å². The number of benzene rings is 1. The van der Waals surface area contributed by atoms with Gasteiger partial charge >= 0.3 is 0 Å². The molecule has 0 aliphatic rings. The summed E-state index contributed by atoms with van der Waals surface area (Å²) < 4.78 is 5.46. The largest absolute Gasteiger partial charge is 0.493 e. The third-order valence-electron chi connectivity index (χ3n) is 2.38. The molecule has 0 spiro atoms. The van der Waals surface area contributed by atoms with Crippen molar-refractivity contribution in [2.75, 3.05) is 6.61 Å². The Morgan fingerprint density at radius 2 is 2.33 bits per heavy atom. The van der Waals surface area contributed by atoms with Crippen LogP contribution in [0.5, 0.6) is 5.75 Å². The molecule has 18 heavy (non-hydrogen) atoms. The lowest BCUT2D eigenvalue weighted by Gasteiger charge is -2.12. The van der Waals surface area contributed by atoms with Gasteiger partial charge in [-0.1, -0.05) is 0 Å². The van der Waals surface area contributed by atoms with Crippen LogP contribution in [0.3, 0.4) is 0 Å². The van der Waals surface area contributed by atoms with Crippen LogP contribution in [0.25, 0.3) is 0 Å². The quantitative estimate of drug-likeness (QED) is 0.364. The number of rotatable bonds is 6. The molecule has 0 fully saturated rings. The van der Waals surface area contributed by atoms with E-state index in [9.17, 15) is 15.2 Å². The normalized spacial score (nSPS) is 11.6. The highest BCUT2D eigenvalue weighted by Gasteiger charge is 2.15. The summed E-state index contributed by atoms with van der Waals surface area (Å²) in [5.41, 5.74) is 0.340. The van der Waals surface area contributed by atoms with Gasteiger partial charge < -0.3 is 9.84 Å². The highest BCUT2D eigenvalue weighted by Crippen LogP contribution is 2.29. The van der Waals surface area contributed by atoms with Gasteiger partial charge in [-0.05, 0) is 19.4 Å². The van der Waals surface area contributed by atoms with Crippen LogP contribution in [0.1, 0.15) is 31.4 Å². The summed E-state index contributed by atoms with van der Waals surface area (Å²) >= 11 is 0. The van der Waals surface area contributed by atoms with E-state index >= 15 is 0 Å². The number of non-ortho nitro benzene ring substituents is 1. The van der Waals surface area contributed by atoms with Crippen molar-refractivity contribution in [3.8, 4) is 18.1 Å². The fraction of sp³-hybridized carbons (Fsp3) is 0.385. The Morgan fingerprint density at radius 3 is 2.89 bits per heavy atom. The average molecular weight is 249 g/mol. The molecular formula is C13H15NO4. The van der Waals surface area contributed by atoms with Crippen LogP contribution in [0.4, 0.5) is 5.69 Å². The lowest BCUT2D eigenvalue weighted by Crippen LogP contribution is -2.03. The molecule has 5 heteroatoms. The van der Waals surface area contributed by atoms with Gasteiger partial charge in [0.15, 0.2) is 0 Å². The molecule has 0 aromatic heterocycles. The summed E-state index contributed by atoms with van der Waals surface area (Å²) in [6.45, 7) is 1.95. The lowest BCUT2D eigenvalue weighted by molar-refractivity contribution is -0.385. The summed E-state index contributed by atoms with van der Waals surface area (Å²) in [5, 5.41) is 20.2. The molecule has 1 rings (SSSR count). The molecule has 1 atom stereocenters. The summed E-state index contributed by atoms with van der Waals surface area (Å²) in [7, 11) is 0. The second-order valence-corrected chi connectivity index (χ2v) is 3.81. The molecular weight excluding hydrogens is 234 g/mol. The minimum absolute atomic E-state index is 0.0677. The van der Waals surface area contributed by atoms with Gasteiger partial charge in [0.2, 0.25) is 0 Å². The number of hydrogen-bond acceptors (Lipinski definition) is 4. The SMILES string of the molecule is C#CCCCOc1ccc([N+](=O)[O-])cc1[C@@H](C)O. The fourth-order valence-corrected chi connectivity index (χ4v) is 1.46. The Balaban J connectivity index is 2.84. The number of unbranched alkanes of at least 4 members (excludes halogenated alkanes) is 1. The van der Waals surface area contributed by atoms with Crippen molar-refractivity contribution in [1.82, 2.24) is 0 Å². The third kappa shape index (κ3) is 3.75. The number of ether oxygens (including phenoxy) is 1. The van der Waals surface area contributed by atoms with E-state index in [4.69, 9.17) is 11.2 Å². The van der Waals surface area contributed by atoms with E-state index in [1.165, 1.54) is 25.1 Å². The number of nitro groups is 1. The number of terminal acetylenes is 1. The standard InChI is InChI=1S/C13H15NO4/c1-3-4-5-8-18-13-7-6-11(14(16)17)9-12(13)10(2)15/h1,6-7,9-10,15H,4-5,8H2,2H3/t10-/m1/s1. The minimum atomic E-state index is -0.826. The van der Waals surface area contributed by atoms with E-state index in [2.05, 4.69) is 5.92 Å². The summed E-state index contributed by atoms with van der Waals surface area (Å²) in [5.74, 6) is 2.95. The van der Waals surface area contributed by atoms with Gasteiger partial charge in [-0.15, -0.1) is 12.3 Å². The third-order valence-corrected chi connectivity index (χ3v) is 2.38. The van der Waals surface area contributed by atoms with Crippen LogP contribution < -0.4 is 4.74 Å². The van der Waals surface area contributed by atoms with Gasteiger partial charge in [0.05, 0.1) is 17.6 Å². The first-order chi connectivity index (χ1) is 8.56. The van der Waals surface area contributed by atoms with Gasteiger partial charge in [0, 0.05) is 24.1 Å². The number of hydrogen-bond donors (Lipinski definition) is 1. The molecule has 5 nitrogen and oxygen atoms in total. The second-order valence-electron chi connectivity index (χ2n) is 3.81. The summed E-state index contributed by atoms with van der Waals surface area (Å²) in [4.78, 5) is 10.1. The first-order valence-electron chi connectivity index (χ1n) is 5.59. The number of nitrogens with zero attached hydrogens (tertiary/aromatic N) is 1. The van der Waals surface area contributed by atoms with E-state index in [1.54, 1.807) is 0 Å². The maximum Gasteiger partial charge on any atom is 0.270 e. The van der Waals surface area contributed by atoms with Gasteiger partial charge in [-0.25, -0.2) is 0 Å². The van der Waals surface area contributed by atoms with Crippen LogP contribution in [0.2, 0.25) is 0 Å². The molecule has 0 bridgehead atoms. The van der Waals surface area contributed by atoms with Crippen LogP contribution in [-0.2, 0) is 0 Å². The van der Waals surface area contributed by atoms with E-state index in [0.717, 1.165) is 0 Å². The maximum atomic E-state index is 10.6. The van der Waals surface area contributed by atoms with Crippen LogP contribution in [0.15, 0.2) is 18.2 Å². The summed E-state index contributed by atoms with van der Waals surface area (Å²) in [6.07, 6.45) is 5.60. The number of aliphatic hydroxyl groups is 1. The van der Waals surface area contributed by atoms with Gasteiger partial charge in [-0.2, -0.15) is 0 Å². The van der Waals surface area contributed by atoms with Crippen molar-refractivity contribution < 1.29 is 14.8 Å². The monoisotopic (exact) mass is 249 g/mol. The molecule has 0 saturated carbocycles. The van der Waals surface area contributed by atoms with Crippen molar-refractivity contribution in [3.05, 3.63) is 33.9 Å². The number of aliphatic hydroxyl groups excluding tert-OH is 1. The minimum Gasteiger partial charge on any atom is -0.493 e. The molecule has 0 unspecified atom stereocenters. The van der Waals surface area contributed by atoms with Crippen LogP contribution in [-0.4, -0.2) is 16.6 Å². The Morgan fingerprint density at radius 1 is 1.61 bits per heavy atom. The van der Waals surface area contributed by atoms with E-state index < -0.39 is 11.0 Å². The Kier molecular flexibility index (Phi) is 5.15. The summed E-state index contributed by atoms with van der Waals surface area (Å²) in [6, 6.07) is 4.17. The van der Waals surface area contributed by atoms with Crippen LogP contribution in [0, 0.1) is 22.5 Å². The first-order valence-corrected chi connectivity index (χ1v) is 5.59.